The molecule has 4 heteroatoms. The summed E-state index contributed by atoms with van der Waals surface area (Å²) in [5.74, 6) is -0.489. The molecule has 1 N–H and O–H groups in total. The van der Waals surface area contributed by atoms with Gasteiger partial charge in [0.15, 0.2) is 0 Å². The number of carbonyl (C=O) groups excluding carboxylic acids is 2. The fraction of sp³-hybridized carbons (Fsp3) is 0.200. The van der Waals surface area contributed by atoms with Crippen LogP contribution in [0.4, 0.5) is 0 Å². The summed E-state index contributed by atoms with van der Waals surface area (Å²) in [5.41, 5.74) is 3.86. The molecule has 24 heavy (non-hydrogen) atoms. The van der Waals surface area contributed by atoms with Gasteiger partial charge in [-0.25, -0.2) is 4.79 Å². The third kappa shape index (κ3) is 3.54. The van der Waals surface area contributed by atoms with Crippen molar-refractivity contribution in [2.45, 2.75) is 18.9 Å². The molecule has 0 aromatic heterocycles. The van der Waals surface area contributed by atoms with Gasteiger partial charge in [-0.3, -0.25) is 4.79 Å². The Morgan fingerprint density at radius 3 is 2.62 bits per heavy atom. The van der Waals surface area contributed by atoms with Crippen LogP contribution in [0.1, 0.15) is 39.5 Å². The van der Waals surface area contributed by atoms with Crippen LogP contribution in [0.15, 0.2) is 54.6 Å². The van der Waals surface area contributed by atoms with Gasteiger partial charge in [0.1, 0.15) is 0 Å². The number of nitrogens with one attached hydrogen (secondary N) is 1. The molecule has 1 aliphatic rings. The van der Waals surface area contributed by atoms with Gasteiger partial charge in [-0.15, -0.1) is 0 Å². The first kappa shape index (κ1) is 16.0. The summed E-state index contributed by atoms with van der Waals surface area (Å²) in [6.45, 7) is 0. The van der Waals surface area contributed by atoms with Gasteiger partial charge in [0.05, 0.1) is 18.7 Å². The predicted octanol–water partition coefficient (Wildman–Crippen LogP) is 3.29. The highest BCUT2D eigenvalue weighted by Gasteiger charge is 2.22. The lowest BCUT2D eigenvalue weighted by molar-refractivity contribution is -0.117. The quantitative estimate of drug-likeness (QED) is 0.694. The summed E-state index contributed by atoms with van der Waals surface area (Å²) in [6.07, 6.45) is 5.19. The second kappa shape index (κ2) is 7.13. The molecule has 0 saturated carbocycles. The van der Waals surface area contributed by atoms with Gasteiger partial charge < -0.3 is 10.1 Å². The lowest BCUT2D eigenvalue weighted by Gasteiger charge is -2.12. The van der Waals surface area contributed by atoms with Crippen LogP contribution >= 0.6 is 0 Å². The molecule has 0 fully saturated rings. The topological polar surface area (TPSA) is 55.4 Å². The average molecular weight is 321 g/mol. The lowest BCUT2D eigenvalue weighted by Crippen LogP contribution is -2.25. The van der Waals surface area contributed by atoms with E-state index >= 15 is 0 Å². The maximum atomic E-state index is 12.1. The number of rotatable bonds is 4. The number of benzene rings is 2. The van der Waals surface area contributed by atoms with Crippen molar-refractivity contribution in [2.75, 3.05) is 7.11 Å². The van der Waals surface area contributed by atoms with Crippen LogP contribution in [-0.4, -0.2) is 19.0 Å². The predicted molar refractivity (Wildman–Crippen MR) is 92.5 cm³/mol. The van der Waals surface area contributed by atoms with Crippen molar-refractivity contribution in [3.8, 4) is 0 Å². The standard InChI is InChI=1S/C20H19NO3/c1-24-20(23)16-9-6-14(7-10-16)8-13-19(22)21-18-12-11-15-4-2-3-5-17(15)18/h2-10,13,18H,11-12H2,1H3,(H,21,22)/b13-8+. The van der Waals surface area contributed by atoms with Gasteiger partial charge in [-0.2, -0.15) is 0 Å². The second-order valence-electron chi connectivity index (χ2n) is 5.75. The van der Waals surface area contributed by atoms with Crippen molar-refractivity contribution < 1.29 is 14.3 Å². The molecule has 1 aliphatic carbocycles. The second-order valence-corrected chi connectivity index (χ2v) is 5.75. The Hall–Kier alpha value is -2.88. The van der Waals surface area contributed by atoms with Crippen LogP contribution in [0, 0.1) is 0 Å². The number of fused-ring (bicyclic) bond motifs is 1. The number of hydrogen-bond acceptors (Lipinski definition) is 3. The first-order valence-electron chi connectivity index (χ1n) is 7.92. The molecule has 122 valence electrons. The van der Waals surface area contributed by atoms with E-state index in [1.165, 1.54) is 24.3 Å². The molecule has 0 saturated heterocycles. The Bertz CT molecular complexity index is 778. The Kier molecular flexibility index (Phi) is 4.75. The number of aryl methyl sites for hydroxylation is 1. The Morgan fingerprint density at radius 1 is 1.12 bits per heavy atom. The van der Waals surface area contributed by atoms with Crippen molar-refractivity contribution in [3.05, 3.63) is 76.9 Å². The average Bonchev–Trinajstić information content (AvgIpc) is 3.03. The zero-order chi connectivity index (χ0) is 16.9. The molecule has 2 aromatic rings. The third-order valence-electron chi connectivity index (χ3n) is 4.21. The zero-order valence-electron chi connectivity index (χ0n) is 13.5. The molecular weight excluding hydrogens is 302 g/mol. The first-order chi connectivity index (χ1) is 11.7. The third-order valence-corrected chi connectivity index (χ3v) is 4.21. The number of amides is 1. The van der Waals surface area contributed by atoms with E-state index in [4.69, 9.17) is 0 Å². The monoisotopic (exact) mass is 321 g/mol. The molecule has 0 heterocycles. The molecule has 2 aromatic carbocycles. The zero-order valence-corrected chi connectivity index (χ0v) is 13.5. The van der Waals surface area contributed by atoms with Crippen molar-refractivity contribution >= 4 is 18.0 Å². The van der Waals surface area contributed by atoms with E-state index in [-0.39, 0.29) is 17.9 Å². The first-order valence-corrected chi connectivity index (χ1v) is 7.92. The van der Waals surface area contributed by atoms with Crippen LogP contribution in [0.5, 0.6) is 0 Å². The molecule has 0 aliphatic heterocycles. The minimum absolute atomic E-state index is 0.0834. The van der Waals surface area contributed by atoms with E-state index in [0.29, 0.717) is 5.56 Å². The Labute approximate surface area is 141 Å². The van der Waals surface area contributed by atoms with Crippen molar-refractivity contribution in [1.82, 2.24) is 5.32 Å². The lowest BCUT2D eigenvalue weighted by atomic mass is 10.1. The fourth-order valence-electron chi connectivity index (χ4n) is 2.95. The molecule has 4 nitrogen and oxygen atoms in total. The normalized spacial score (nSPS) is 16.0. The molecule has 0 radical (unpaired) electrons. The SMILES string of the molecule is COC(=O)c1ccc(/C=C/C(=O)NC2CCc3ccccc32)cc1. The molecular formula is C20H19NO3. The van der Waals surface area contributed by atoms with Crippen LogP contribution < -0.4 is 5.32 Å². The van der Waals surface area contributed by atoms with E-state index in [1.807, 2.05) is 12.1 Å². The van der Waals surface area contributed by atoms with Crippen molar-refractivity contribution in [3.63, 3.8) is 0 Å². The van der Waals surface area contributed by atoms with Crippen LogP contribution in [0.25, 0.3) is 6.08 Å². The van der Waals surface area contributed by atoms with Gasteiger partial charge >= 0.3 is 5.97 Å². The Balaban J connectivity index is 1.61. The number of carbonyl (C=O) groups is 2. The summed E-state index contributed by atoms with van der Waals surface area (Å²) in [6, 6.07) is 15.2. The molecule has 0 bridgehead atoms. The highest BCUT2D eigenvalue weighted by Crippen LogP contribution is 2.30. The number of hydrogen-bond donors (Lipinski definition) is 1. The molecule has 1 unspecified atom stereocenters. The van der Waals surface area contributed by atoms with Gasteiger partial charge in [-0.05, 0) is 47.7 Å². The van der Waals surface area contributed by atoms with Gasteiger partial charge in [0, 0.05) is 6.08 Å². The summed E-state index contributed by atoms with van der Waals surface area (Å²) < 4.78 is 4.66. The number of ether oxygens (including phenoxy) is 1. The Morgan fingerprint density at radius 2 is 1.88 bits per heavy atom. The van der Waals surface area contributed by atoms with E-state index in [1.54, 1.807) is 30.3 Å². The van der Waals surface area contributed by atoms with Crippen molar-refractivity contribution in [2.24, 2.45) is 0 Å². The molecule has 1 atom stereocenters. The molecule has 0 spiro atoms. The largest absolute Gasteiger partial charge is 0.465 e. The minimum atomic E-state index is -0.372. The maximum absolute atomic E-state index is 12.1. The summed E-state index contributed by atoms with van der Waals surface area (Å²) in [4.78, 5) is 23.5. The van der Waals surface area contributed by atoms with Crippen LogP contribution in [0.2, 0.25) is 0 Å². The van der Waals surface area contributed by atoms with Gasteiger partial charge in [0.2, 0.25) is 5.91 Å². The smallest absolute Gasteiger partial charge is 0.337 e. The molecule has 3 rings (SSSR count). The van der Waals surface area contributed by atoms with E-state index in [2.05, 4.69) is 22.2 Å². The fourth-order valence-corrected chi connectivity index (χ4v) is 2.95. The summed E-state index contributed by atoms with van der Waals surface area (Å²) in [7, 11) is 1.35. The molecule has 1 amide bonds. The summed E-state index contributed by atoms with van der Waals surface area (Å²) in [5, 5.41) is 3.04. The van der Waals surface area contributed by atoms with E-state index in [0.717, 1.165) is 18.4 Å². The van der Waals surface area contributed by atoms with Gasteiger partial charge in [0.25, 0.3) is 0 Å². The minimum Gasteiger partial charge on any atom is -0.465 e. The van der Waals surface area contributed by atoms with Crippen LogP contribution in [-0.2, 0) is 16.0 Å². The van der Waals surface area contributed by atoms with Gasteiger partial charge in [-0.1, -0.05) is 36.4 Å². The van der Waals surface area contributed by atoms with Crippen LogP contribution in [0.3, 0.4) is 0 Å². The maximum Gasteiger partial charge on any atom is 0.337 e. The highest BCUT2D eigenvalue weighted by molar-refractivity contribution is 5.92. The van der Waals surface area contributed by atoms with Crippen molar-refractivity contribution in [1.29, 1.82) is 0 Å². The number of methoxy groups -OCH3 is 1. The van der Waals surface area contributed by atoms with E-state index in [9.17, 15) is 9.59 Å². The van der Waals surface area contributed by atoms with E-state index < -0.39 is 0 Å². The highest BCUT2D eigenvalue weighted by atomic mass is 16.5. The summed E-state index contributed by atoms with van der Waals surface area (Å²) >= 11 is 0. The number of esters is 1.